The number of nitrogen functional groups attached to an aromatic ring is 1. The van der Waals surface area contributed by atoms with E-state index in [0.717, 1.165) is 56.4 Å². The van der Waals surface area contributed by atoms with E-state index in [4.69, 9.17) is 29.9 Å². The average Bonchev–Trinajstić information content (AvgIpc) is 3.82. The summed E-state index contributed by atoms with van der Waals surface area (Å²) in [5, 5.41) is 4.00. The Hall–Kier alpha value is -3.35. The predicted octanol–water partition coefficient (Wildman–Crippen LogP) is 4.32. The number of aryl methyl sites for hydroxylation is 1. The molecular formula is C33H41F2N7O3. The van der Waals surface area contributed by atoms with Crippen molar-refractivity contribution in [3.63, 3.8) is 0 Å². The van der Waals surface area contributed by atoms with E-state index in [0.29, 0.717) is 43.5 Å². The first-order valence-corrected chi connectivity index (χ1v) is 16.4. The Morgan fingerprint density at radius 3 is 2.78 bits per heavy atom. The number of anilines is 2. The number of piperazine rings is 1. The van der Waals surface area contributed by atoms with Crippen LogP contribution in [0.25, 0.3) is 22.2 Å². The largest absolute Gasteiger partial charge is 0.472 e. The van der Waals surface area contributed by atoms with Gasteiger partial charge in [-0.05, 0) is 69.1 Å². The third kappa shape index (κ3) is 4.87. The fourth-order valence-electron chi connectivity index (χ4n) is 7.91. The van der Waals surface area contributed by atoms with Gasteiger partial charge in [0.15, 0.2) is 11.6 Å². The van der Waals surface area contributed by atoms with Gasteiger partial charge in [0.1, 0.15) is 35.1 Å². The van der Waals surface area contributed by atoms with Gasteiger partial charge in [0.2, 0.25) is 5.88 Å². The summed E-state index contributed by atoms with van der Waals surface area (Å²) >= 11 is 0. The molecule has 10 nitrogen and oxygen atoms in total. The average molecular weight is 622 g/mol. The maximum atomic E-state index is 17.0. The normalized spacial score (nSPS) is 28.0. The van der Waals surface area contributed by atoms with Gasteiger partial charge in [-0.1, -0.05) is 6.92 Å². The SMILES string of the molecule is CC[C@@H]1CN2c3nc(OC[C@@H]4CC[C@H]5COCCN54)nc4c(F)c(-c5c(F)c(N)cc(C)c5C5CC5)nc(c34)O[C@@H](C)[C@@H]2CN1. The number of nitrogens with zero attached hydrogens (tertiary/aromatic N) is 5. The monoisotopic (exact) mass is 621 g/mol. The Morgan fingerprint density at radius 1 is 1.13 bits per heavy atom. The number of benzene rings is 1. The molecule has 5 atom stereocenters. The van der Waals surface area contributed by atoms with Gasteiger partial charge in [-0.15, -0.1) is 0 Å². The van der Waals surface area contributed by atoms with E-state index in [2.05, 4.69) is 27.0 Å². The minimum atomic E-state index is -0.723. The molecule has 3 aromatic rings. The summed E-state index contributed by atoms with van der Waals surface area (Å²) in [6.07, 6.45) is 4.47. The van der Waals surface area contributed by atoms with Crippen LogP contribution in [0.2, 0.25) is 0 Å². The lowest BCUT2D eigenvalue weighted by atomic mass is 9.93. The Balaban J connectivity index is 1.29. The lowest BCUT2D eigenvalue weighted by Crippen LogP contribution is -2.60. The number of rotatable bonds is 6. The number of hydrogen-bond donors (Lipinski definition) is 2. The number of fused-ring (bicyclic) bond motifs is 3. The molecular weight excluding hydrogens is 580 g/mol. The van der Waals surface area contributed by atoms with Crippen molar-refractivity contribution >= 4 is 22.4 Å². The summed E-state index contributed by atoms with van der Waals surface area (Å²) in [6.45, 7) is 10.0. The molecule has 240 valence electrons. The lowest BCUT2D eigenvalue weighted by molar-refractivity contribution is -0.0101. The van der Waals surface area contributed by atoms with E-state index in [1.54, 1.807) is 6.07 Å². The van der Waals surface area contributed by atoms with Gasteiger partial charge in [-0.2, -0.15) is 9.97 Å². The summed E-state index contributed by atoms with van der Waals surface area (Å²) < 4.78 is 51.4. The van der Waals surface area contributed by atoms with Gasteiger partial charge in [0.25, 0.3) is 0 Å². The molecule has 0 unspecified atom stereocenters. The number of morpholine rings is 1. The third-order valence-electron chi connectivity index (χ3n) is 10.5. The Labute approximate surface area is 261 Å². The molecule has 4 aliphatic heterocycles. The van der Waals surface area contributed by atoms with E-state index < -0.39 is 11.6 Å². The Kier molecular flexibility index (Phi) is 7.22. The molecule has 1 aromatic carbocycles. The summed E-state index contributed by atoms with van der Waals surface area (Å²) in [6, 6.07) is 2.47. The lowest BCUT2D eigenvalue weighted by Gasteiger charge is -2.42. The van der Waals surface area contributed by atoms with Crippen LogP contribution in [0.1, 0.15) is 63.0 Å². The maximum Gasteiger partial charge on any atom is 0.319 e. The third-order valence-corrected chi connectivity index (χ3v) is 10.5. The van der Waals surface area contributed by atoms with Crippen molar-refractivity contribution in [1.29, 1.82) is 0 Å². The first kappa shape index (κ1) is 29.1. The summed E-state index contributed by atoms with van der Waals surface area (Å²) in [4.78, 5) is 19.0. The highest BCUT2D eigenvalue weighted by molar-refractivity contribution is 5.97. The van der Waals surface area contributed by atoms with Crippen LogP contribution in [0.4, 0.5) is 20.3 Å². The summed E-state index contributed by atoms with van der Waals surface area (Å²) in [5.74, 6) is -0.515. The van der Waals surface area contributed by atoms with Crippen LogP contribution in [0, 0.1) is 18.6 Å². The molecule has 0 amide bonds. The second-order valence-corrected chi connectivity index (χ2v) is 13.4. The van der Waals surface area contributed by atoms with Crippen molar-refractivity contribution in [3.8, 4) is 23.1 Å². The fraction of sp³-hybridized carbons (Fsp3) is 0.606. The number of aromatic nitrogens is 3. The molecule has 12 heteroatoms. The number of hydrogen-bond acceptors (Lipinski definition) is 10. The molecule has 1 saturated carbocycles. The standard InChI is InChI=1S/C33H41F2N7O3/c1-4-19-13-42-23(12-37-19)17(3)45-32-26-30(28(35)29(38-32)25-24(18-5-6-18)16(2)11-22(36)27(25)34)39-33(40-31(26)42)44-15-21-8-7-20-14-43-10-9-41(20)21/h11,17-21,23,37H,4-10,12-15,36H2,1-3H3/t17-,19+,20-,21-,23-/m0/s1. The van der Waals surface area contributed by atoms with Gasteiger partial charge in [-0.3, -0.25) is 4.90 Å². The van der Waals surface area contributed by atoms with E-state index in [1.807, 2.05) is 13.8 Å². The zero-order valence-electron chi connectivity index (χ0n) is 26.1. The van der Waals surface area contributed by atoms with E-state index in [1.165, 1.54) is 0 Å². The van der Waals surface area contributed by atoms with Crippen LogP contribution >= 0.6 is 0 Å². The van der Waals surface area contributed by atoms with Crippen molar-refractivity contribution in [2.24, 2.45) is 0 Å². The minimum absolute atomic E-state index is 0.0197. The molecule has 3 saturated heterocycles. The van der Waals surface area contributed by atoms with Gasteiger partial charge in [0.05, 0.1) is 24.9 Å². The summed E-state index contributed by atoms with van der Waals surface area (Å²) in [7, 11) is 0. The zero-order valence-corrected chi connectivity index (χ0v) is 26.1. The molecule has 45 heavy (non-hydrogen) atoms. The first-order valence-electron chi connectivity index (χ1n) is 16.4. The second kappa shape index (κ2) is 11.2. The van der Waals surface area contributed by atoms with Gasteiger partial charge < -0.3 is 30.2 Å². The van der Waals surface area contributed by atoms with Crippen LogP contribution in [0.3, 0.4) is 0 Å². The van der Waals surface area contributed by atoms with E-state index in [-0.39, 0.29) is 64.5 Å². The van der Waals surface area contributed by atoms with Gasteiger partial charge >= 0.3 is 6.01 Å². The van der Waals surface area contributed by atoms with Gasteiger partial charge in [0, 0.05) is 43.3 Å². The first-order chi connectivity index (χ1) is 21.8. The highest BCUT2D eigenvalue weighted by Gasteiger charge is 2.41. The molecule has 6 heterocycles. The Morgan fingerprint density at radius 2 is 1.98 bits per heavy atom. The van der Waals surface area contributed by atoms with Gasteiger partial charge in [-0.25, -0.2) is 13.8 Å². The van der Waals surface area contributed by atoms with Crippen LogP contribution in [0.5, 0.6) is 11.9 Å². The predicted molar refractivity (Wildman–Crippen MR) is 167 cm³/mol. The van der Waals surface area contributed by atoms with Crippen molar-refractivity contribution in [2.75, 3.05) is 50.1 Å². The molecule has 2 aromatic heterocycles. The van der Waals surface area contributed by atoms with E-state index in [9.17, 15) is 0 Å². The number of ether oxygens (including phenoxy) is 3. The van der Waals surface area contributed by atoms with Crippen molar-refractivity contribution in [3.05, 3.63) is 28.8 Å². The molecule has 0 bridgehead atoms. The van der Waals surface area contributed by atoms with Crippen LogP contribution in [-0.2, 0) is 4.74 Å². The molecule has 8 rings (SSSR count). The summed E-state index contributed by atoms with van der Waals surface area (Å²) in [5.41, 5.74) is 7.64. The number of nitrogens with one attached hydrogen (secondary N) is 1. The van der Waals surface area contributed by atoms with Crippen molar-refractivity contribution in [2.45, 2.75) is 89.1 Å². The fourth-order valence-corrected chi connectivity index (χ4v) is 7.91. The van der Waals surface area contributed by atoms with Crippen molar-refractivity contribution in [1.82, 2.24) is 25.2 Å². The minimum Gasteiger partial charge on any atom is -0.472 e. The topological polar surface area (TPSA) is 111 Å². The number of nitrogens with two attached hydrogens (primary N) is 1. The highest BCUT2D eigenvalue weighted by Crippen LogP contribution is 2.50. The van der Waals surface area contributed by atoms with E-state index >= 15 is 8.78 Å². The van der Waals surface area contributed by atoms with Crippen molar-refractivity contribution < 1.29 is 23.0 Å². The number of halogens is 2. The molecule has 5 aliphatic rings. The van der Waals surface area contributed by atoms with Crippen LogP contribution in [-0.4, -0.2) is 89.6 Å². The smallest absolute Gasteiger partial charge is 0.319 e. The maximum absolute atomic E-state index is 17.0. The van der Waals surface area contributed by atoms with Crippen LogP contribution < -0.4 is 25.4 Å². The number of pyridine rings is 1. The second-order valence-electron chi connectivity index (χ2n) is 13.4. The highest BCUT2D eigenvalue weighted by atomic mass is 19.1. The van der Waals surface area contributed by atoms with Crippen LogP contribution in [0.15, 0.2) is 6.07 Å². The quantitative estimate of drug-likeness (QED) is 0.386. The molecule has 1 aliphatic carbocycles. The molecule has 4 fully saturated rings. The molecule has 0 spiro atoms. The molecule has 3 N–H and O–H groups in total. The molecule has 0 radical (unpaired) electrons. The Bertz CT molecular complexity index is 1650. The zero-order chi connectivity index (χ0) is 31.0.